The number of aliphatic hydroxyl groups excluding tert-OH is 1. The molecule has 0 heterocycles. The summed E-state index contributed by atoms with van der Waals surface area (Å²) in [6, 6.07) is 0. The van der Waals surface area contributed by atoms with Gasteiger partial charge in [0.15, 0.2) is 0 Å². The Morgan fingerprint density at radius 3 is 2.70 bits per heavy atom. The highest BCUT2D eigenvalue weighted by atomic mass is 16.4. The lowest BCUT2D eigenvalue weighted by Crippen LogP contribution is -2.53. The minimum atomic E-state index is -0.629. The molecule has 3 nitrogen and oxygen atoms in total. The molecule has 2 N–H and O–H groups in total. The average Bonchev–Trinajstić information content (AvgIpc) is 2.46. The molecule has 1 unspecified atom stereocenters. The van der Waals surface area contributed by atoms with E-state index in [9.17, 15) is 9.90 Å². The van der Waals surface area contributed by atoms with Gasteiger partial charge in [-0.15, -0.1) is 0 Å². The molecule has 0 aliphatic heterocycles. The summed E-state index contributed by atoms with van der Waals surface area (Å²) in [5.41, 5.74) is 1.96. The van der Waals surface area contributed by atoms with E-state index < -0.39 is 11.4 Å². The van der Waals surface area contributed by atoms with Crippen LogP contribution >= 0.6 is 0 Å². The third kappa shape index (κ3) is 3.26. The molecule has 2 aliphatic rings. The van der Waals surface area contributed by atoms with Crippen LogP contribution in [0.4, 0.5) is 0 Å². The number of carbonyl (C=O) groups is 1. The van der Waals surface area contributed by atoms with Crippen LogP contribution in [-0.4, -0.2) is 22.8 Å². The van der Waals surface area contributed by atoms with Crippen LogP contribution in [0.2, 0.25) is 0 Å². The van der Waals surface area contributed by atoms with Crippen LogP contribution in [0.25, 0.3) is 0 Å². The lowest BCUT2D eigenvalue weighted by atomic mass is 9.46. The molecule has 0 aromatic carbocycles. The van der Waals surface area contributed by atoms with Crippen molar-refractivity contribution in [3.8, 4) is 0 Å². The SMILES string of the molecule is C=C1CCC2[C@](C)(CCC[C@]2(C)C(=O)O)[C@H]1CC/C(C)=C\CO. The topological polar surface area (TPSA) is 57.5 Å². The number of aliphatic carboxylic acids is 1. The van der Waals surface area contributed by atoms with E-state index in [-0.39, 0.29) is 17.9 Å². The summed E-state index contributed by atoms with van der Waals surface area (Å²) < 4.78 is 0. The number of carboxylic acid groups (broad SMARTS) is 1. The van der Waals surface area contributed by atoms with Gasteiger partial charge in [-0.25, -0.2) is 0 Å². The number of carboxylic acids is 1. The smallest absolute Gasteiger partial charge is 0.309 e. The zero-order valence-electron chi connectivity index (χ0n) is 14.9. The monoisotopic (exact) mass is 320 g/mol. The second-order valence-corrected chi connectivity index (χ2v) is 8.16. The summed E-state index contributed by atoms with van der Waals surface area (Å²) >= 11 is 0. The Morgan fingerprint density at radius 2 is 2.09 bits per heavy atom. The Bertz CT molecular complexity index is 507. The minimum Gasteiger partial charge on any atom is -0.481 e. The van der Waals surface area contributed by atoms with Gasteiger partial charge in [0, 0.05) is 0 Å². The molecule has 3 heteroatoms. The number of hydrogen-bond donors (Lipinski definition) is 2. The molecule has 0 aromatic heterocycles. The van der Waals surface area contributed by atoms with Crippen LogP contribution in [0.15, 0.2) is 23.8 Å². The Kier molecular flexibility index (Phi) is 5.40. The van der Waals surface area contributed by atoms with Gasteiger partial charge in [-0.1, -0.05) is 37.1 Å². The summed E-state index contributed by atoms with van der Waals surface area (Å²) in [5, 5.41) is 18.9. The molecule has 0 aromatic rings. The second-order valence-electron chi connectivity index (χ2n) is 8.16. The Hall–Kier alpha value is -1.09. The van der Waals surface area contributed by atoms with Crippen molar-refractivity contribution in [1.82, 2.24) is 0 Å². The standard InChI is InChI=1S/C20H32O3/c1-14(10-13-21)6-8-16-15(2)7-9-17-19(16,3)11-5-12-20(17,4)18(22)23/h10,16-17,21H,2,5-9,11-13H2,1,3-4H3,(H,22,23)/b14-10-/t16-,17?,19+,20-/m0/s1. The molecule has 0 spiro atoms. The Balaban J connectivity index is 2.26. The molecule has 4 atom stereocenters. The van der Waals surface area contributed by atoms with Crippen LogP contribution in [-0.2, 0) is 4.79 Å². The Morgan fingerprint density at radius 1 is 1.39 bits per heavy atom. The molecule has 2 aliphatic carbocycles. The molecular weight excluding hydrogens is 288 g/mol. The summed E-state index contributed by atoms with van der Waals surface area (Å²) in [6.45, 7) is 10.7. The fourth-order valence-electron chi connectivity index (χ4n) is 5.37. The molecule has 0 amide bonds. The predicted molar refractivity (Wildman–Crippen MR) is 93.1 cm³/mol. The van der Waals surface area contributed by atoms with Gasteiger partial charge < -0.3 is 10.2 Å². The van der Waals surface area contributed by atoms with E-state index in [1.54, 1.807) is 0 Å². The number of rotatable bonds is 5. The molecule has 2 saturated carbocycles. The molecule has 2 rings (SSSR count). The van der Waals surface area contributed by atoms with E-state index >= 15 is 0 Å². The van der Waals surface area contributed by atoms with Gasteiger partial charge in [0.2, 0.25) is 0 Å². The first-order valence-electron chi connectivity index (χ1n) is 8.93. The van der Waals surface area contributed by atoms with E-state index in [2.05, 4.69) is 20.4 Å². The summed E-state index contributed by atoms with van der Waals surface area (Å²) in [6.07, 6.45) is 8.65. The molecule has 130 valence electrons. The van der Waals surface area contributed by atoms with Crippen molar-refractivity contribution in [1.29, 1.82) is 0 Å². The molecule has 0 bridgehead atoms. The second kappa shape index (κ2) is 6.80. The molecule has 2 fully saturated rings. The average molecular weight is 320 g/mol. The molecule has 0 radical (unpaired) electrons. The summed E-state index contributed by atoms with van der Waals surface area (Å²) in [5.74, 6) is -0.00260. The van der Waals surface area contributed by atoms with Gasteiger partial charge in [-0.3, -0.25) is 4.79 Å². The number of aliphatic hydroxyl groups is 1. The fraction of sp³-hybridized carbons (Fsp3) is 0.750. The number of fused-ring (bicyclic) bond motifs is 1. The van der Waals surface area contributed by atoms with E-state index in [0.29, 0.717) is 5.92 Å². The first-order chi connectivity index (χ1) is 10.8. The van der Waals surface area contributed by atoms with E-state index in [0.717, 1.165) is 44.9 Å². The number of allylic oxidation sites excluding steroid dienone is 2. The molecular formula is C20H32O3. The van der Waals surface area contributed by atoms with Gasteiger partial charge in [0.05, 0.1) is 12.0 Å². The van der Waals surface area contributed by atoms with Crippen LogP contribution in [0.1, 0.15) is 65.7 Å². The zero-order chi connectivity index (χ0) is 17.3. The van der Waals surface area contributed by atoms with Crippen molar-refractivity contribution in [2.24, 2.45) is 22.7 Å². The van der Waals surface area contributed by atoms with Crippen molar-refractivity contribution >= 4 is 5.97 Å². The van der Waals surface area contributed by atoms with Crippen LogP contribution in [0, 0.1) is 22.7 Å². The van der Waals surface area contributed by atoms with Crippen molar-refractivity contribution in [3.05, 3.63) is 23.8 Å². The maximum Gasteiger partial charge on any atom is 0.309 e. The quantitative estimate of drug-likeness (QED) is 0.730. The zero-order valence-corrected chi connectivity index (χ0v) is 14.9. The normalized spacial score (nSPS) is 38.3. The van der Waals surface area contributed by atoms with Gasteiger partial charge in [-0.05, 0) is 69.6 Å². The lowest BCUT2D eigenvalue weighted by Gasteiger charge is -2.57. The van der Waals surface area contributed by atoms with E-state index in [1.165, 1.54) is 11.1 Å². The van der Waals surface area contributed by atoms with Crippen molar-refractivity contribution in [2.75, 3.05) is 6.61 Å². The van der Waals surface area contributed by atoms with Crippen molar-refractivity contribution in [3.63, 3.8) is 0 Å². The van der Waals surface area contributed by atoms with Crippen molar-refractivity contribution in [2.45, 2.75) is 65.7 Å². The highest BCUT2D eigenvalue weighted by Gasteiger charge is 2.57. The van der Waals surface area contributed by atoms with E-state index in [1.807, 2.05) is 13.0 Å². The first kappa shape index (κ1) is 18.3. The van der Waals surface area contributed by atoms with Crippen LogP contribution in [0.5, 0.6) is 0 Å². The summed E-state index contributed by atoms with van der Waals surface area (Å²) in [7, 11) is 0. The highest BCUT2D eigenvalue weighted by molar-refractivity contribution is 5.75. The van der Waals surface area contributed by atoms with Crippen LogP contribution < -0.4 is 0 Å². The molecule has 23 heavy (non-hydrogen) atoms. The van der Waals surface area contributed by atoms with Crippen molar-refractivity contribution < 1.29 is 15.0 Å². The van der Waals surface area contributed by atoms with Crippen LogP contribution in [0.3, 0.4) is 0 Å². The maximum atomic E-state index is 12.0. The first-order valence-corrected chi connectivity index (χ1v) is 8.93. The third-order valence-electron chi connectivity index (χ3n) is 6.78. The summed E-state index contributed by atoms with van der Waals surface area (Å²) in [4.78, 5) is 12.0. The van der Waals surface area contributed by atoms with Gasteiger partial charge in [-0.2, -0.15) is 0 Å². The molecule has 0 saturated heterocycles. The van der Waals surface area contributed by atoms with Gasteiger partial charge in [0.1, 0.15) is 0 Å². The largest absolute Gasteiger partial charge is 0.481 e. The minimum absolute atomic E-state index is 0.0419. The van der Waals surface area contributed by atoms with Gasteiger partial charge in [0.25, 0.3) is 0 Å². The lowest BCUT2D eigenvalue weighted by molar-refractivity contribution is -0.164. The fourth-order valence-corrected chi connectivity index (χ4v) is 5.37. The van der Waals surface area contributed by atoms with Gasteiger partial charge >= 0.3 is 5.97 Å². The third-order valence-corrected chi connectivity index (χ3v) is 6.78. The number of hydrogen-bond acceptors (Lipinski definition) is 2. The Labute approximate surface area is 140 Å². The predicted octanol–water partition coefficient (Wildman–Crippen LogP) is 4.57. The van der Waals surface area contributed by atoms with E-state index in [4.69, 9.17) is 5.11 Å². The maximum absolute atomic E-state index is 12.0. The highest BCUT2D eigenvalue weighted by Crippen LogP contribution is 2.62.